The van der Waals surface area contributed by atoms with Crippen molar-refractivity contribution >= 4 is 11.8 Å². The maximum Gasteiger partial charge on any atom is 0.415 e. The number of carbonyl (C=O) groups is 1. The van der Waals surface area contributed by atoms with E-state index in [9.17, 15) is 13.6 Å². The van der Waals surface area contributed by atoms with Crippen molar-refractivity contribution in [3.05, 3.63) is 95.1 Å². The summed E-state index contributed by atoms with van der Waals surface area (Å²) in [5.74, 6) is -0.634. The molecule has 0 N–H and O–H groups in total. The van der Waals surface area contributed by atoms with E-state index in [1.54, 1.807) is 7.11 Å². The van der Waals surface area contributed by atoms with Crippen molar-refractivity contribution in [1.82, 2.24) is 0 Å². The predicted octanol–water partition coefficient (Wildman–Crippen LogP) is 3.28. The maximum absolute atomic E-state index is 13.9. The average molecular weight is 557 g/mol. The number of piperidine rings is 3. The van der Waals surface area contributed by atoms with E-state index in [0.717, 1.165) is 73.4 Å². The van der Waals surface area contributed by atoms with Gasteiger partial charge in [-0.1, -0.05) is 30.3 Å². The van der Waals surface area contributed by atoms with Crippen molar-refractivity contribution in [2.75, 3.05) is 38.2 Å². The highest BCUT2D eigenvalue weighted by Gasteiger charge is 2.47. The number of rotatable bonds is 8. The molecule has 0 unspecified atom stereocenters. The van der Waals surface area contributed by atoms with Crippen LogP contribution in [-0.2, 0) is 17.7 Å². The number of fused-ring (bicyclic) bond motifs is 3. The quantitative estimate of drug-likeness (QED) is 0.400. The van der Waals surface area contributed by atoms with Crippen LogP contribution < -0.4 is 22.0 Å². The Bertz CT molecular complexity index is 1280. The summed E-state index contributed by atoms with van der Waals surface area (Å²) in [5.41, 5.74) is 3.44. The van der Waals surface area contributed by atoms with Gasteiger partial charge in [-0.3, -0.25) is 4.90 Å². The minimum absolute atomic E-state index is 0. The van der Waals surface area contributed by atoms with E-state index < -0.39 is 17.7 Å². The Morgan fingerprint density at radius 2 is 1.69 bits per heavy atom. The molecule has 0 radical (unpaired) electrons. The van der Waals surface area contributed by atoms with Gasteiger partial charge >= 0.3 is 6.09 Å². The first-order valence-corrected chi connectivity index (χ1v) is 13.3. The zero-order valence-corrected chi connectivity index (χ0v) is 23.2. The van der Waals surface area contributed by atoms with E-state index in [1.807, 2.05) is 43.3 Å². The molecule has 0 spiro atoms. The molecule has 39 heavy (non-hydrogen) atoms. The fraction of sp³-hybridized carbons (Fsp3) is 0.387. The fourth-order valence-corrected chi connectivity index (χ4v) is 5.90. The third-order valence-electron chi connectivity index (χ3n) is 8.19. The van der Waals surface area contributed by atoms with Crippen LogP contribution in [0.15, 0.2) is 66.7 Å². The summed E-state index contributed by atoms with van der Waals surface area (Å²) in [6.07, 6.45) is 2.41. The van der Waals surface area contributed by atoms with Gasteiger partial charge in [-0.25, -0.2) is 13.6 Å². The van der Waals surface area contributed by atoms with Gasteiger partial charge in [-0.2, -0.15) is 0 Å². The zero-order valence-electron chi connectivity index (χ0n) is 22.4. The van der Waals surface area contributed by atoms with Crippen LogP contribution in [0, 0.1) is 24.5 Å². The van der Waals surface area contributed by atoms with Crippen molar-refractivity contribution in [1.29, 1.82) is 0 Å². The van der Waals surface area contributed by atoms with Gasteiger partial charge in [0.25, 0.3) is 0 Å². The largest absolute Gasteiger partial charge is 1.00 e. The molecule has 3 aromatic carbocycles. The van der Waals surface area contributed by atoms with Crippen molar-refractivity contribution in [2.24, 2.45) is 5.92 Å². The van der Waals surface area contributed by atoms with Gasteiger partial charge in [-0.15, -0.1) is 0 Å². The Labute approximate surface area is 235 Å². The molecule has 208 valence electrons. The van der Waals surface area contributed by atoms with Gasteiger partial charge in [0, 0.05) is 30.9 Å². The fourth-order valence-electron chi connectivity index (χ4n) is 5.90. The number of hydrogen-bond acceptors (Lipinski definition) is 3. The molecular weight excluding hydrogens is 522 g/mol. The molecule has 1 amide bonds. The number of amides is 1. The van der Waals surface area contributed by atoms with Crippen LogP contribution in [-0.4, -0.2) is 50.0 Å². The van der Waals surface area contributed by atoms with Gasteiger partial charge < -0.3 is 26.4 Å². The molecule has 8 heteroatoms. The number of aryl methyl sites for hydroxylation is 1. The molecule has 3 aromatic rings. The lowest BCUT2D eigenvalue weighted by Crippen LogP contribution is -3.00. The second-order valence-corrected chi connectivity index (χ2v) is 10.7. The first kappa shape index (κ1) is 28.8. The smallest absolute Gasteiger partial charge is 0.415 e. The minimum Gasteiger partial charge on any atom is -1.00 e. The molecule has 5 nitrogen and oxygen atoms in total. The lowest BCUT2D eigenvalue weighted by molar-refractivity contribution is -0.945. The molecule has 0 aromatic heterocycles. The number of carbonyl (C=O) groups excluding carboxylic acids is 1. The van der Waals surface area contributed by atoms with Crippen molar-refractivity contribution in [3.63, 3.8) is 0 Å². The summed E-state index contributed by atoms with van der Waals surface area (Å²) < 4.78 is 39.9. The van der Waals surface area contributed by atoms with E-state index in [1.165, 1.54) is 16.5 Å². The van der Waals surface area contributed by atoms with Gasteiger partial charge in [0.15, 0.2) is 17.7 Å². The Morgan fingerprint density at radius 1 is 0.974 bits per heavy atom. The van der Waals surface area contributed by atoms with Crippen LogP contribution >= 0.6 is 0 Å². The second kappa shape index (κ2) is 12.3. The summed E-state index contributed by atoms with van der Waals surface area (Å²) >= 11 is 0. The first-order valence-electron chi connectivity index (χ1n) is 13.3. The van der Waals surface area contributed by atoms with Crippen LogP contribution in [0.25, 0.3) is 0 Å². The number of anilines is 1. The van der Waals surface area contributed by atoms with Crippen LogP contribution in [0.5, 0.6) is 5.75 Å². The second-order valence-electron chi connectivity index (χ2n) is 10.7. The molecule has 0 saturated carbocycles. The average Bonchev–Trinajstić information content (AvgIpc) is 2.93. The van der Waals surface area contributed by atoms with Crippen molar-refractivity contribution < 1.29 is 39.9 Å². The summed E-state index contributed by atoms with van der Waals surface area (Å²) in [6.45, 7) is 6.06. The third kappa shape index (κ3) is 6.71. The molecule has 3 saturated heterocycles. The van der Waals surface area contributed by atoms with Crippen molar-refractivity contribution in [2.45, 2.75) is 38.8 Å². The third-order valence-corrected chi connectivity index (χ3v) is 8.19. The summed E-state index contributed by atoms with van der Waals surface area (Å²) in [6, 6.07) is 19.5. The molecular formula is C31H35ClF2N2O3. The molecule has 2 bridgehead atoms. The van der Waals surface area contributed by atoms with E-state index >= 15 is 0 Å². The highest BCUT2D eigenvalue weighted by Crippen LogP contribution is 2.36. The molecule has 3 fully saturated rings. The highest BCUT2D eigenvalue weighted by molar-refractivity contribution is 5.87. The summed E-state index contributed by atoms with van der Waals surface area (Å²) in [5, 5.41) is 0. The van der Waals surface area contributed by atoms with Crippen molar-refractivity contribution in [3.8, 4) is 5.75 Å². The normalized spacial score (nSPS) is 21.6. The summed E-state index contributed by atoms with van der Waals surface area (Å²) in [4.78, 5) is 15.1. The lowest BCUT2D eigenvalue weighted by atomic mass is 9.83. The van der Waals surface area contributed by atoms with Gasteiger partial charge in [0.05, 0.1) is 33.3 Å². The molecule has 3 heterocycles. The van der Waals surface area contributed by atoms with Gasteiger partial charge in [0.2, 0.25) is 0 Å². The standard InChI is InChI=1S/C31H35F2N2O3.ClH/c1-22-4-3-5-26(18-22)34(20-24-8-11-28(32)29(33)19-24)31(36)38-30-21-35(16-13-25(30)14-17-35)15-12-23-6-9-27(37-2)10-7-23;/h3-11,18-19,25,30H,12-17,20-21H2,1-2H3;1H/q+1;/p-1/t25?,30-,35?;/m0./s1. The number of hydrogen-bond donors (Lipinski definition) is 0. The Kier molecular flexibility index (Phi) is 9.13. The SMILES string of the molecule is COc1ccc(CC[N+]23CCC(CC2)[C@@H](OC(=O)N(Cc2ccc(F)c(F)c2)c2cccc(C)c2)C3)cc1.[Cl-]. The monoisotopic (exact) mass is 556 g/mol. The minimum atomic E-state index is -0.930. The molecule has 3 aliphatic heterocycles. The maximum atomic E-state index is 13.9. The van der Waals surface area contributed by atoms with Gasteiger partial charge in [0.1, 0.15) is 12.3 Å². The van der Waals surface area contributed by atoms with Gasteiger partial charge in [-0.05, 0) is 60.0 Å². The van der Waals surface area contributed by atoms with E-state index in [0.29, 0.717) is 17.2 Å². The number of halogens is 3. The number of benzene rings is 3. The lowest BCUT2D eigenvalue weighted by Gasteiger charge is -2.52. The number of quaternary nitrogens is 1. The van der Waals surface area contributed by atoms with Crippen LogP contribution in [0.4, 0.5) is 19.3 Å². The molecule has 1 atom stereocenters. The van der Waals surface area contributed by atoms with Crippen LogP contribution in [0.3, 0.4) is 0 Å². The Morgan fingerprint density at radius 3 is 2.36 bits per heavy atom. The van der Waals surface area contributed by atoms with E-state index in [2.05, 4.69) is 12.1 Å². The Hall–Kier alpha value is -3.16. The predicted molar refractivity (Wildman–Crippen MR) is 143 cm³/mol. The topological polar surface area (TPSA) is 38.8 Å². The highest BCUT2D eigenvalue weighted by atomic mass is 35.5. The number of methoxy groups -OCH3 is 1. The molecule has 6 rings (SSSR count). The molecule has 0 aliphatic carbocycles. The van der Waals surface area contributed by atoms with E-state index in [4.69, 9.17) is 9.47 Å². The molecule has 3 aliphatic rings. The van der Waals surface area contributed by atoms with Crippen LogP contribution in [0.1, 0.15) is 29.5 Å². The number of nitrogens with zero attached hydrogens (tertiary/aromatic N) is 2. The number of ether oxygens (including phenoxy) is 2. The summed E-state index contributed by atoms with van der Waals surface area (Å²) in [7, 11) is 1.67. The van der Waals surface area contributed by atoms with E-state index in [-0.39, 0.29) is 25.1 Å². The van der Waals surface area contributed by atoms with Crippen LogP contribution in [0.2, 0.25) is 0 Å². The zero-order chi connectivity index (χ0) is 26.7. The Balaban J connectivity index is 0.00000353. The first-order chi connectivity index (χ1) is 18.3.